The minimum absolute atomic E-state index is 0.144. The lowest BCUT2D eigenvalue weighted by Gasteiger charge is -2.23. The van der Waals surface area contributed by atoms with Gasteiger partial charge in [-0.05, 0) is 36.8 Å². The number of nitrogens with zero attached hydrogens (tertiary/aromatic N) is 1. The smallest absolute Gasteiger partial charge is 0.263 e. The summed E-state index contributed by atoms with van der Waals surface area (Å²) in [5, 5.41) is 0.477. The van der Waals surface area contributed by atoms with Crippen molar-refractivity contribution in [3.05, 3.63) is 53.1 Å². The second-order valence-electron chi connectivity index (χ2n) is 5.57. The summed E-state index contributed by atoms with van der Waals surface area (Å²) in [5.74, 6) is 1.62. The predicted molar refractivity (Wildman–Crippen MR) is 97.6 cm³/mol. The average molecular weight is 364 g/mol. The maximum Gasteiger partial charge on any atom is 0.263 e. The number of carbonyl (C=O) groups is 1. The van der Waals surface area contributed by atoms with Crippen molar-refractivity contribution < 1.29 is 19.0 Å². The van der Waals surface area contributed by atoms with E-state index in [1.54, 1.807) is 45.2 Å². The Bertz CT molecular complexity index is 735. The molecule has 134 valence electrons. The molecule has 0 saturated heterocycles. The van der Waals surface area contributed by atoms with Gasteiger partial charge in [-0.2, -0.15) is 0 Å². The highest BCUT2D eigenvalue weighted by atomic mass is 35.5. The Hall–Kier alpha value is -2.40. The molecule has 0 fully saturated rings. The van der Waals surface area contributed by atoms with Gasteiger partial charge >= 0.3 is 0 Å². The molecule has 0 heterocycles. The van der Waals surface area contributed by atoms with Crippen molar-refractivity contribution in [2.75, 3.05) is 21.3 Å². The molecule has 1 amide bonds. The highest BCUT2D eigenvalue weighted by Gasteiger charge is 2.20. The van der Waals surface area contributed by atoms with Crippen molar-refractivity contribution in [1.82, 2.24) is 4.90 Å². The van der Waals surface area contributed by atoms with Crippen LogP contribution in [0.15, 0.2) is 42.5 Å². The summed E-state index contributed by atoms with van der Waals surface area (Å²) in [7, 11) is 4.89. The standard InChI is InChI=1S/C19H22ClNO4/c1-13(25-16-8-6-5-7-15(16)20)19(22)21(2)12-14-9-10-17(23-3)18(11-14)24-4/h5-11,13H,12H2,1-4H3/t13-/m0/s1. The molecule has 0 aliphatic rings. The minimum Gasteiger partial charge on any atom is -0.493 e. The Labute approximate surface area is 153 Å². The van der Waals surface area contributed by atoms with Crippen molar-refractivity contribution in [2.45, 2.75) is 19.6 Å². The fraction of sp³-hybridized carbons (Fsp3) is 0.316. The lowest BCUT2D eigenvalue weighted by Crippen LogP contribution is -2.37. The summed E-state index contributed by atoms with van der Waals surface area (Å²) in [6.45, 7) is 2.13. The van der Waals surface area contributed by atoms with Crippen molar-refractivity contribution in [3.8, 4) is 17.2 Å². The Morgan fingerprint density at radius 3 is 2.40 bits per heavy atom. The summed E-state index contributed by atoms with van der Waals surface area (Å²) in [5.41, 5.74) is 0.929. The van der Waals surface area contributed by atoms with Crippen LogP contribution < -0.4 is 14.2 Å². The van der Waals surface area contributed by atoms with Crippen LogP contribution in [0.2, 0.25) is 5.02 Å². The Morgan fingerprint density at radius 2 is 1.76 bits per heavy atom. The number of amides is 1. The van der Waals surface area contributed by atoms with E-state index in [9.17, 15) is 4.79 Å². The van der Waals surface area contributed by atoms with Crippen LogP contribution in [-0.4, -0.2) is 38.2 Å². The number of hydrogen-bond acceptors (Lipinski definition) is 4. The molecule has 25 heavy (non-hydrogen) atoms. The molecule has 5 nitrogen and oxygen atoms in total. The van der Waals surface area contributed by atoms with Gasteiger partial charge in [-0.3, -0.25) is 4.79 Å². The van der Waals surface area contributed by atoms with Gasteiger partial charge in [0.2, 0.25) is 0 Å². The predicted octanol–water partition coefficient (Wildman–Crippen LogP) is 3.78. The molecule has 6 heteroatoms. The van der Waals surface area contributed by atoms with Crippen molar-refractivity contribution in [2.24, 2.45) is 0 Å². The molecule has 0 unspecified atom stereocenters. The average Bonchev–Trinajstić information content (AvgIpc) is 2.62. The van der Waals surface area contributed by atoms with Gasteiger partial charge in [0.15, 0.2) is 17.6 Å². The summed E-state index contributed by atoms with van der Waals surface area (Å²) >= 11 is 6.07. The van der Waals surface area contributed by atoms with Crippen LogP contribution >= 0.6 is 11.6 Å². The largest absolute Gasteiger partial charge is 0.493 e. The normalized spacial score (nSPS) is 11.6. The van der Waals surface area contributed by atoms with Crippen LogP contribution in [-0.2, 0) is 11.3 Å². The van der Waals surface area contributed by atoms with E-state index in [4.69, 9.17) is 25.8 Å². The molecule has 0 aliphatic carbocycles. The number of carbonyl (C=O) groups excluding carboxylic acids is 1. The van der Waals surface area contributed by atoms with E-state index in [0.29, 0.717) is 28.8 Å². The van der Waals surface area contributed by atoms with Crippen molar-refractivity contribution in [1.29, 1.82) is 0 Å². The summed E-state index contributed by atoms with van der Waals surface area (Å²) in [6, 6.07) is 12.6. The van der Waals surface area contributed by atoms with Crippen LogP contribution in [0, 0.1) is 0 Å². The molecule has 1 atom stereocenters. The maximum absolute atomic E-state index is 12.5. The monoisotopic (exact) mass is 363 g/mol. The van der Waals surface area contributed by atoms with Crippen LogP contribution in [0.3, 0.4) is 0 Å². The zero-order valence-corrected chi connectivity index (χ0v) is 15.5. The van der Waals surface area contributed by atoms with Gasteiger partial charge < -0.3 is 19.1 Å². The van der Waals surface area contributed by atoms with Gasteiger partial charge in [0, 0.05) is 13.6 Å². The van der Waals surface area contributed by atoms with E-state index in [0.717, 1.165) is 5.56 Å². The first kappa shape index (κ1) is 18.9. The van der Waals surface area contributed by atoms with Crippen LogP contribution in [0.4, 0.5) is 0 Å². The molecule has 0 radical (unpaired) electrons. The number of ether oxygens (including phenoxy) is 3. The number of benzene rings is 2. The lowest BCUT2D eigenvalue weighted by atomic mass is 10.2. The Kier molecular flexibility index (Phi) is 6.53. The maximum atomic E-state index is 12.5. The van der Waals surface area contributed by atoms with E-state index in [-0.39, 0.29) is 5.91 Å². The quantitative estimate of drug-likeness (QED) is 0.751. The molecular weight excluding hydrogens is 342 g/mol. The van der Waals surface area contributed by atoms with Crippen molar-refractivity contribution >= 4 is 17.5 Å². The van der Waals surface area contributed by atoms with E-state index >= 15 is 0 Å². The Morgan fingerprint density at radius 1 is 1.08 bits per heavy atom. The van der Waals surface area contributed by atoms with Crippen molar-refractivity contribution in [3.63, 3.8) is 0 Å². The van der Waals surface area contributed by atoms with Crippen LogP contribution in [0.25, 0.3) is 0 Å². The summed E-state index contributed by atoms with van der Waals surface area (Å²) in [4.78, 5) is 14.1. The molecule has 0 spiro atoms. The zero-order chi connectivity index (χ0) is 18.4. The SMILES string of the molecule is COc1ccc(CN(C)C(=O)[C@H](C)Oc2ccccc2Cl)cc1OC. The van der Waals surface area contributed by atoms with Gasteiger partial charge in [-0.1, -0.05) is 29.8 Å². The molecule has 0 aliphatic heterocycles. The molecule has 0 aromatic heterocycles. The highest BCUT2D eigenvalue weighted by molar-refractivity contribution is 6.32. The number of rotatable bonds is 7. The zero-order valence-electron chi connectivity index (χ0n) is 14.8. The van der Waals surface area contributed by atoms with Gasteiger partial charge in [0.1, 0.15) is 5.75 Å². The first-order valence-electron chi connectivity index (χ1n) is 7.83. The van der Waals surface area contributed by atoms with Gasteiger partial charge in [-0.25, -0.2) is 0 Å². The molecule has 2 aromatic rings. The first-order valence-corrected chi connectivity index (χ1v) is 8.21. The molecule has 0 saturated carbocycles. The van der Waals surface area contributed by atoms with Gasteiger partial charge in [-0.15, -0.1) is 0 Å². The van der Waals surface area contributed by atoms with Gasteiger partial charge in [0.25, 0.3) is 5.91 Å². The third-order valence-corrected chi connectivity index (χ3v) is 4.04. The fourth-order valence-electron chi connectivity index (χ4n) is 2.42. The topological polar surface area (TPSA) is 48.0 Å². The third-order valence-electron chi connectivity index (χ3n) is 3.73. The van der Waals surface area contributed by atoms with E-state index < -0.39 is 6.10 Å². The number of halogens is 1. The van der Waals surface area contributed by atoms with E-state index in [2.05, 4.69) is 0 Å². The fourth-order valence-corrected chi connectivity index (χ4v) is 2.60. The number of likely N-dealkylation sites (N-methyl/N-ethyl adjacent to an activating group) is 1. The molecule has 0 bridgehead atoms. The van der Waals surface area contributed by atoms with Crippen LogP contribution in [0.5, 0.6) is 17.2 Å². The van der Waals surface area contributed by atoms with E-state index in [1.165, 1.54) is 0 Å². The van der Waals surface area contributed by atoms with Gasteiger partial charge in [0.05, 0.1) is 19.2 Å². The van der Waals surface area contributed by atoms with E-state index in [1.807, 2.05) is 30.3 Å². The molecule has 0 N–H and O–H groups in total. The summed E-state index contributed by atoms with van der Waals surface area (Å²) < 4.78 is 16.2. The minimum atomic E-state index is -0.648. The highest BCUT2D eigenvalue weighted by Crippen LogP contribution is 2.28. The number of para-hydroxylation sites is 1. The number of hydrogen-bond donors (Lipinski definition) is 0. The molecule has 2 rings (SSSR count). The van der Waals surface area contributed by atoms with Crippen LogP contribution in [0.1, 0.15) is 12.5 Å². The third kappa shape index (κ3) is 4.79. The number of methoxy groups -OCH3 is 2. The Balaban J connectivity index is 2.03. The second kappa shape index (κ2) is 8.62. The second-order valence-corrected chi connectivity index (χ2v) is 5.98. The first-order chi connectivity index (χ1) is 12.0. The molecule has 2 aromatic carbocycles. The summed E-state index contributed by atoms with van der Waals surface area (Å²) in [6.07, 6.45) is -0.648. The lowest BCUT2D eigenvalue weighted by molar-refractivity contribution is -0.137. The molecular formula is C19H22ClNO4.